The first-order valence-electron chi connectivity index (χ1n) is 10.8. The minimum atomic E-state index is -3.60. The number of ether oxygens (including phenoxy) is 2. The van der Waals surface area contributed by atoms with Crippen molar-refractivity contribution in [2.45, 2.75) is 24.7 Å². The van der Waals surface area contributed by atoms with Gasteiger partial charge in [0.15, 0.2) is 0 Å². The van der Waals surface area contributed by atoms with Crippen LogP contribution in [0.15, 0.2) is 51.8 Å². The van der Waals surface area contributed by atoms with Crippen LogP contribution in [0.5, 0.6) is 11.5 Å². The van der Waals surface area contributed by atoms with Gasteiger partial charge >= 0.3 is 6.01 Å². The van der Waals surface area contributed by atoms with Gasteiger partial charge in [-0.2, -0.15) is 4.31 Å². The molecule has 1 N–H and O–H groups in total. The van der Waals surface area contributed by atoms with Crippen LogP contribution < -0.4 is 14.8 Å². The summed E-state index contributed by atoms with van der Waals surface area (Å²) >= 11 is 0. The maximum absolute atomic E-state index is 12.9. The van der Waals surface area contributed by atoms with E-state index in [-0.39, 0.29) is 22.4 Å². The number of nitrogens with one attached hydrogen (secondary N) is 1. The maximum Gasteiger partial charge on any atom is 0.322 e. The molecule has 1 fully saturated rings. The summed E-state index contributed by atoms with van der Waals surface area (Å²) in [6.45, 7) is 3.05. The molecule has 1 aromatic heterocycles. The number of anilines is 1. The summed E-state index contributed by atoms with van der Waals surface area (Å²) in [7, 11) is -0.547. The molecule has 2 heterocycles. The number of rotatable bonds is 7. The second-order valence-corrected chi connectivity index (χ2v) is 10.0. The number of carbonyl (C=O) groups excluding carboxylic acids is 1. The first-order chi connectivity index (χ1) is 16.3. The van der Waals surface area contributed by atoms with Crippen LogP contribution >= 0.6 is 0 Å². The van der Waals surface area contributed by atoms with E-state index in [1.165, 1.54) is 42.8 Å². The largest absolute Gasteiger partial charge is 0.497 e. The molecule has 0 spiro atoms. The molecule has 2 aromatic carbocycles. The molecule has 0 aliphatic carbocycles. The second-order valence-electron chi connectivity index (χ2n) is 8.07. The molecule has 0 unspecified atom stereocenters. The molecule has 1 aliphatic rings. The highest BCUT2D eigenvalue weighted by Gasteiger charge is 2.28. The molecule has 3 aromatic rings. The topological polar surface area (TPSA) is 124 Å². The van der Waals surface area contributed by atoms with Crippen molar-refractivity contribution in [1.82, 2.24) is 14.5 Å². The Balaban J connectivity index is 1.48. The fraction of sp³-hybridized carbons (Fsp3) is 0.348. The lowest BCUT2D eigenvalue weighted by atomic mass is 10.0. The third kappa shape index (κ3) is 4.90. The zero-order valence-electron chi connectivity index (χ0n) is 19.1. The number of nitrogens with zero attached hydrogens (tertiary/aromatic N) is 3. The molecule has 1 saturated heterocycles. The average molecular weight is 487 g/mol. The van der Waals surface area contributed by atoms with Gasteiger partial charge in [-0.15, -0.1) is 5.10 Å². The molecule has 1 aliphatic heterocycles. The van der Waals surface area contributed by atoms with Gasteiger partial charge in [-0.3, -0.25) is 10.1 Å². The monoisotopic (exact) mass is 486 g/mol. The third-order valence-electron chi connectivity index (χ3n) is 5.66. The van der Waals surface area contributed by atoms with Crippen LogP contribution in [0, 0.1) is 5.92 Å². The zero-order valence-corrected chi connectivity index (χ0v) is 20.0. The molecule has 0 saturated carbocycles. The number of sulfonamides is 1. The summed E-state index contributed by atoms with van der Waals surface area (Å²) in [5.41, 5.74) is 0.765. The number of aromatic nitrogens is 2. The molecule has 34 heavy (non-hydrogen) atoms. The van der Waals surface area contributed by atoms with Crippen LogP contribution in [0.4, 0.5) is 6.01 Å². The Kier molecular flexibility index (Phi) is 6.85. The van der Waals surface area contributed by atoms with E-state index in [9.17, 15) is 13.2 Å². The molecule has 11 heteroatoms. The lowest BCUT2D eigenvalue weighted by Crippen LogP contribution is -2.39. The van der Waals surface area contributed by atoms with Crippen LogP contribution in [-0.2, 0) is 10.0 Å². The number of amides is 1. The molecule has 180 valence electrons. The van der Waals surface area contributed by atoms with E-state index in [0.717, 1.165) is 12.8 Å². The highest BCUT2D eigenvalue weighted by molar-refractivity contribution is 7.89. The van der Waals surface area contributed by atoms with Crippen molar-refractivity contribution in [2.75, 3.05) is 32.6 Å². The summed E-state index contributed by atoms with van der Waals surface area (Å²) < 4.78 is 43.5. The van der Waals surface area contributed by atoms with Crippen LogP contribution in [-0.4, -0.2) is 56.1 Å². The summed E-state index contributed by atoms with van der Waals surface area (Å²) in [5, 5.41) is 10.4. The van der Waals surface area contributed by atoms with Crippen molar-refractivity contribution >= 4 is 21.9 Å². The van der Waals surface area contributed by atoms with Gasteiger partial charge in [-0.25, -0.2) is 8.42 Å². The Bertz CT molecular complexity index is 1270. The van der Waals surface area contributed by atoms with Gasteiger partial charge in [-0.05, 0) is 61.2 Å². The van der Waals surface area contributed by atoms with E-state index >= 15 is 0 Å². The number of carbonyl (C=O) groups is 1. The number of methoxy groups -OCH3 is 2. The molecule has 1 amide bonds. The summed E-state index contributed by atoms with van der Waals surface area (Å²) in [5.74, 6) is 1.03. The first kappa shape index (κ1) is 23.7. The minimum Gasteiger partial charge on any atom is -0.497 e. The molecular weight excluding hydrogens is 460 g/mol. The Morgan fingerprint density at radius 1 is 1.12 bits per heavy atom. The van der Waals surface area contributed by atoms with Crippen LogP contribution in [0.25, 0.3) is 11.5 Å². The second kappa shape index (κ2) is 9.82. The molecule has 1 atom stereocenters. The number of piperidine rings is 1. The molecule has 0 bridgehead atoms. The zero-order chi connectivity index (χ0) is 24.3. The van der Waals surface area contributed by atoms with Crippen LogP contribution in [0.2, 0.25) is 0 Å². The van der Waals surface area contributed by atoms with E-state index in [0.29, 0.717) is 36.1 Å². The predicted octanol–water partition coefficient (Wildman–Crippen LogP) is 3.43. The van der Waals surface area contributed by atoms with Gasteiger partial charge in [0, 0.05) is 18.7 Å². The van der Waals surface area contributed by atoms with E-state index in [2.05, 4.69) is 15.5 Å². The number of hydrogen-bond donors (Lipinski definition) is 1. The van der Waals surface area contributed by atoms with Gasteiger partial charge in [0.1, 0.15) is 11.5 Å². The van der Waals surface area contributed by atoms with Gasteiger partial charge in [-0.1, -0.05) is 12.0 Å². The van der Waals surface area contributed by atoms with E-state index < -0.39 is 15.9 Å². The van der Waals surface area contributed by atoms with Crippen molar-refractivity contribution in [3.8, 4) is 23.0 Å². The van der Waals surface area contributed by atoms with E-state index in [1.54, 1.807) is 18.2 Å². The summed E-state index contributed by atoms with van der Waals surface area (Å²) in [6.07, 6.45) is 1.86. The molecule has 0 radical (unpaired) electrons. The highest BCUT2D eigenvalue weighted by Crippen LogP contribution is 2.33. The average Bonchev–Trinajstić information content (AvgIpc) is 3.32. The van der Waals surface area contributed by atoms with Gasteiger partial charge in [0.2, 0.25) is 10.0 Å². The van der Waals surface area contributed by atoms with Crippen molar-refractivity contribution in [3.63, 3.8) is 0 Å². The predicted molar refractivity (Wildman–Crippen MR) is 124 cm³/mol. The van der Waals surface area contributed by atoms with Gasteiger partial charge in [0.25, 0.3) is 11.8 Å². The smallest absolute Gasteiger partial charge is 0.322 e. The Labute approximate surface area is 197 Å². The molecule has 10 nitrogen and oxygen atoms in total. The van der Waals surface area contributed by atoms with Gasteiger partial charge in [0.05, 0.1) is 24.7 Å². The molecule has 4 rings (SSSR count). The lowest BCUT2D eigenvalue weighted by Gasteiger charge is -2.30. The van der Waals surface area contributed by atoms with Crippen LogP contribution in [0.3, 0.4) is 0 Å². The fourth-order valence-electron chi connectivity index (χ4n) is 3.83. The van der Waals surface area contributed by atoms with E-state index in [1.807, 2.05) is 6.92 Å². The quantitative estimate of drug-likeness (QED) is 0.539. The third-order valence-corrected chi connectivity index (χ3v) is 7.54. The van der Waals surface area contributed by atoms with Crippen molar-refractivity contribution in [2.24, 2.45) is 5.92 Å². The van der Waals surface area contributed by atoms with Crippen molar-refractivity contribution in [1.29, 1.82) is 0 Å². The Hall–Kier alpha value is -3.44. The fourth-order valence-corrected chi connectivity index (χ4v) is 5.42. The van der Waals surface area contributed by atoms with Gasteiger partial charge < -0.3 is 13.9 Å². The Morgan fingerprint density at radius 3 is 2.56 bits per heavy atom. The first-order valence-corrected chi connectivity index (χ1v) is 12.2. The maximum atomic E-state index is 12.9. The normalized spacial score (nSPS) is 16.7. The van der Waals surface area contributed by atoms with Crippen molar-refractivity contribution in [3.05, 3.63) is 48.0 Å². The van der Waals surface area contributed by atoms with Crippen LogP contribution in [0.1, 0.15) is 30.1 Å². The number of hydrogen-bond acceptors (Lipinski definition) is 8. The minimum absolute atomic E-state index is 0.108. The lowest BCUT2D eigenvalue weighted by molar-refractivity contribution is 0.102. The SMILES string of the molecule is COc1ccc(OC)c(-c2nnc(NC(=O)c3ccc(S(=O)(=O)N4CCC[C@@H](C)C4)cc3)o2)c1. The highest BCUT2D eigenvalue weighted by atomic mass is 32.2. The number of benzene rings is 2. The standard InChI is InChI=1S/C23H26N4O6S/c1-15-5-4-12-27(14-15)34(29,30)18-9-6-16(7-10-18)21(28)24-23-26-25-22(33-23)19-13-17(31-2)8-11-20(19)32-3/h6-11,13,15H,4-5,12,14H2,1-3H3,(H,24,26,28)/t15-/m1/s1. The van der Waals surface area contributed by atoms with Crippen molar-refractivity contribution < 1.29 is 27.1 Å². The Morgan fingerprint density at radius 2 is 1.88 bits per heavy atom. The molecular formula is C23H26N4O6S. The summed E-state index contributed by atoms with van der Waals surface area (Å²) in [4.78, 5) is 12.8. The van der Waals surface area contributed by atoms with E-state index in [4.69, 9.17) is 13.9 Å². The summed E-state index contributed by atoms with van der Waals surface area (Å²) in [6, 6.07) is 10.8.